The average Bonchev–Trinajstić information content (AvgIpc) is 2.48. The van der Waals surface area contributed by atoms with E-state index in [0.29, 0.717) is 19.7 Å². The molecular formula is C16H24N2O4S. The summed E-state index contributed by atoms with van der Waals surface area (Å²) in [5.74, 6) is 0.613. The smallest absolute Gasteiger partial charge is 0.226 e. The zero-order chi connectivity index (χ0) is 16.9. The lowest BCUT2D eigenvalue weighted by Gasteiger charge is -2.32. The van der Waals surface area contributed by atoms with Gasteiger partial charge in [-0.2, -0.15) is 0 Å². The summed E-state index contributed by atoms with van der Waals surface area (Å²) >= 11 is 0. The number of likely N-dealkylation sites (tertiary alicyclic amines) is 1. The molecule has 128 valence electrons. The van der Waals surface area contributed by atoms with Crippen molar-refractivity contribution >= 4 is 15.9 Å². The molecule has 1 aromatic carbocycles. The number of amides is 1. The van der Waals surface area contributed by atoms with Crippen LogP contribution in [-0.4, -0.2) is 44.7 Å². The number of sulfonamides is 1. The van der Waals surface area contributed by atoms with Crippen LogP contribution >= 0.6 is 0 Å². The van der Waals surface area contributed by atoms with E-state index in [1.807, 2.05) is 31.2 Å². The number of nitrogens with zero attached hydrogens (tertiary/aromatic N) is 1. The number of piperidine rings is 1. The van der Waals surface area contributed by atoms with Gasteiger partial charge in [-0.25, -0.2) is 13.6 Å². The number of hydrogen-bond acceptors (Lipinski definition) is 4. The lowest BCUT2D eigenvalue weighted by Crippen LogP contribution is -2.42. The fourth-order valence-corrected chi connectivity index (χ4v) is 3.73. The molecule has 0 bridgehead atoms. The van der Waals surface area contributed by atoms with Gasteiger partial charge in [0.2, 0.25) is 15.9 Å². The van der Waals surface area contributed by atoms with Gasteiger partial charge < -0.3 is 9.64 Å². The van der Waals surface area contributed by atoms with E-state index >= 15 is 0 Å². The highest BCUT2D eigenvalue weighted by atomic mass is 32.2. The number of benzene rings is 1. The van der Waals surface area contributed by atoms with Gasteiger partial charge in [0.15, 0.2) is 0 Å². The van der Waals surface area contributed by atoms with Crippen LogP contribution in [0, 0.1) is 12.8 Å². The Kier molecular flexibility index (Phi) is 6.01. The van der Waals surface area contributed by atoms with Crippen LogP contribution in [0.2, 0.25) is 0 Å². The molecule has 1 aromatic rings. The summed E-state index contributed by atoms with van der Waals surface area (Å²) in [6, 6.07) is 7.67. The zero-order valence-corrected chi connectivity index (χ0v) is 14.2. The number of nitrogens with two attached hydrogens (primary N) is 1. The Morgan fingerprint density at radius 3 is 2.70 bits per heavy atom. The Balaban J connectivity index is 1.77. The molecule has 1 amide bonds. The molecule has 1 saturated heterocycles. The molecule has 0 unspecified atom stereocenters. The van der Waals surface area contributed by atoms with Crippen molar-refractivity contribution in [2.75, 3.05) is 25.4 Å². The van der Waals surface area contributed by atoms with Gasteiger partial charge in [-0.05, 0) is 37.8 Å². The van der Waals surface area contributed by atoms with Crippen molar-refractivity contribution in [3.8, 4) is 5.75 Å². The van der Waals surface area contributed by atoms with Crippen LogP contribution in [-0.2, 0) is 14.8 Å². The predicted octanol–water partition coefficient (Wildman–Crippen LogP) is 1.29. The molecule has 1 fully saturated rings. The fraction of sp³-hybridized carbons (Fsp3) is 0.562. The maximum atomic E-state index is 12.2. The molecule has 23 heavy (non-hydrogen) atoms. The van der Waals surface area contributed by atoms with Gasteiger partial charge in [0.05, 0.1) is 18.8 Å². The second-order valence-electron chi connectivity index (χ2n) is 6.09. The van der Waals surface area contributed by atoms with Crippen molar-refractivity contribution in [3.63, 3.8) is 0 Å². The first-order valence-corrected chi connectivity index (χ1v) is 9.53. The van der Waals surface area contributed by atoms with E-state index < -0.39 is 10.0 Å². The highest BCUT2D eigenvalue weighted by Crippen LogP contribution is 2.18. The highest BCUT2D eigenvalue weighted by Gasteiger charge is 2.26. The summed E-state index contributed by atoms with van der Waals surface area (Å²) in [5.41, 5.74) is 1.16. The van der Waals surface area contributed by atoms with Crippen LogP contribution in [0.5, 0.6) is 5.75 Å². The molecule has 1 heterocycles. The van der Waals surface area contributed by atoms with Crippen LogP contribution in [0.15, 0.2) is 24.3 Å². The van der Waals surface area contributed by atoms with Crippen LogP contribution in [0.4, 0.5) is 0 Å². The maximum absolute atomic E-state index is 12.2. The predicted molar refractivity (Wildman–Crippen MR) is 88.6 cm³/mol. The molecule has 0 spiro atoms. The molecule has 6 nitrogen and oxygen atoms in total. The van der Waals surface area contributed by atoms with Gasteiger partial charge in [-0.3, -0.25) is 4.79 Å². The Bertz CT molecular complexity index is 628. The quantitative estimate of drug-likeness (QED) is 0.845. The van der Waals surface area contributed by atoms with E-state index in [0.717, 1.165) is 24.2 Å². The minimum atomic E-state index is -3.49. The molecule has 0 aromatic heterocycles. The third-order valence-electron chi connectivity index (χ3n) is 3.95. The summed E-state index contributed by atoms with van der Waals surface area (Å²) < 4.78 is 27.9. The minimum Gasteiger partial charge on any atom is -0.493 e. The van der Waals surface area contributed by atoms with Crippen molar-refractivity contribution < 1.29 is 17.9 Å². The Morgan fingerprint density at radius 2 is 2.04 bits per heavy atom. The standard InChI is InChI=1S/C16H24N2O4S/c1-13-4-6-15(7-5-13)22-10-8-16(19)18-9-2-3-14(11-18)12-23(17,20)21/h4-7,14H,2-3,8-12H2,1H3,(H2,17,20,21)/t14-/m1/s1. The average molecular weight is 340 g/mol. The zero-order valence-electron chi connectivity index (χ0n) is 13.4. The Hall–Kier alpha value is -1.60. The van der Waals surface area contributed by atoms with Gasteiger partial charge in [-0.15, -0.1) is 0 Å². The van der Waals surface area contributed by atoms with Crippen molar-refractivity contribution in [1.82, 2.24) is 4.90 Å². The van der Waals surface area contributed by atoms with E-state index in [4.69, 9.17) is 9.88 Å². The lowest BCUT2D eigenvalue weighted by molar-refractivity contribution is -0.133. The van der Waals surface area contributed by atoms with Crippen molar-refractivity contribution in [3.05, 3.63) is 29.8 Å². The van der Waals surface area contributed by atoms with Gasteiger partial charge in [0.25, 0.3) is 0 Å². The van der Waals surface area contributed by atoms with Crippen molar-refractivity contribution in [2.24, 2.45) is 11.1 Å². The molecule has 2 N–H and O–H groups in total. The first-order valence-electron chi connectivity index (χ1n) is 7.81. The second kappa shape index (κ2) is 7.79. The summed E-state index contributed by atoms with van der Waals surface area (Å²) in [6.45, 7) is 3.45. The molecule has 0 radical (unpaired) electrons. The third-order valence-corrected chi connectivity index (χ3v) is 4.88. The summed E-state index contributed by atoms with van der Waals surface area (Å²) in [5, 5.41) is 5.09. The van der Waals surface area contributed by atoms with Crippen molar-refractivity contribution in [1.29, 1.82) is 0 Å². The first kappa shape index (κ1) is 17.7. The monoisotopic (exact) mass is 340 g/mol. The Labute approximate surface area is 137 Å². The minimum absolute atomic E-state index is 0.00349. The number of ether oxygens (including phenoxy) is 1. The van der Waals surface area contributed by atoms with E-state index in [-0.39, 0.29) is 24.0 Å². The molecular weight excluding hydrogens is 316 g/mol. The molecule has 0 aliphatic carbocycles. The number of aryl methyl sites for hydroxylation is 1. The molecule has 1 atom stereocenters. The maximum Gasteiger partial charge on any atom is 0.226 e. The van der Waals surface area contributed by atoms with Gasteiger partial charge in [0.1, 0.15) is 5.75 Å². The first-order chi connectivity index (χ1) is 10.8. The molecule has 1 aliphatic rings. The van der Waals surface area contributed by atoms with Crippen LogP contribution < -0.4 is 9.88 Å². The van der Waals surface area contributed by atoms with Crippen LogP contribution in [0.25, 0.3) is 0 Å². The normalized spacial score (nSPS) is 18.7. The van der Waals surface area contributed by atoms with E-state index in [1.165, 1.54) is 0 Å². The summed E-state index contributed by atoms with van der Waals surface area (Å²) in [4.78, 5) is 13.9. The summed E-state index contributed by atoms with van der Waals surface area (Å²) in [6.07, 6.45) is 1.89. The molecule has 0 saturated carbocycles. The van der Waals surface area contributed by atoms with E-state index in [2.05, 4.69) is 0 Å². The second-order valence-corrected chi connectivity index (χ2v) is 7.75. The van der Waals surface area contributed by atoms with Gasteiger partial charge in [-0.1, -0.05) is 17.7 Å². The van der Waals surface area contributed by atoms with Gasteiger partial charge >= 0.3 is 0 Å². The van der Waals surface area contributed by atoms with Crippen LogP contribution in [0.1, 0.15) is 24.8 Å². The number of carbonyl (C=O) groups excluding carboxylic acids is 1. The largest absolute Gasteiger partial charge is 0.493 e. The third kappa shape index (κ3) is 6.19. The van der Waals surface area contributed by atoms with Gasteiger partial charge in [0, 0.05) is 13.1 Å². The number of primary sulfonamides is 1. The topological polar surface area (TPSA) is 89.7 Å². The summed E-state index contributed by atoms with van der Waals surface area (Å²) in [7, 11) is -3.49. The van der Waals surface area contributed by atoms with E-state index in [1.54, 1.807) is 4.90 Å². The molecule has 2 rings (SSSR count). The van der Waals surface area contributed by atoms with Crippen LogP contribution in [0.3, 0.4) is 0 Å². The lowest BCUT2D eigenvalue weighted by atomic mass is 10.00. The number of hydrogen-bond donors (Lipinski definition) is 1. The van der Waals surface area contributed by atoms with Crippen molar-refractivity contribution in [2.45, 2.75) is 26.2 Å². The fourth-order valence-electron chi connectivity index (χ4n) is 2.80. The number of carbonyl (C=O) groups is 1. The van der Waals surface area contributed by atoms with E-state index in [9.17, 15) is 13.2 Å². The highest BCUT2D eigenvalue weighted by molar-refractivity contribution is 7.89. The Morgan fingerprint density at radius 1 is 1.35 bits per heavy atom. The number of rotatable bonds is 6. The molecule has 1 aliphatic heterocycles. The molecule has 7 heteroatoms. The SMILES string of the molecule is Cc1ccc(OCCC(=O)N2CCC[C@@H](CS(N)(=O)=O)C2)cc1.